The van der Waals surface area contributed by atoms with E-state index in [4.69, 9.17) is 4.74 Å². The number of nitrogens with zero attached hydrogens (tertiary/aromatic N) is 1. The number of benzene rings is 1. The largest absolute Gasteiger partial charge is 0.462 e. The Morgan fingerprint density at radius 3 is 2.61 bits per heavy atom. The number of esters is 1. The quantitative estimate of drug-likeness (QED) is 0.770. The van der Waals surface area contributed by atoms with Crippen molar-refractivity contribution in [3.8, 4) is 0 Å². The Balaban J connectivity index is 2.11. The minimum absolute atomic E-state index is 0.158. The van der Waals surface area contributed by atoms with Gasteiger partial charge in [0.1, 0.15) is 0 Å². The fourth-order valence-electron chi connectivity index (χ4n) is 2.07. The van der Waals surface area contributed by atoms with Crippen LogP contribution in [-0.4, -0.2) is 25.0 Å². The van der Waals surface area contributed by atoms with E-state index >= 15 is 0 Å². The molecule has 0 unspecified atom stereocenters. The molecule has 0 spiro atoms. The van der Waals surface area contributed by atoms with Gasteiger partial charge in [-0.2, -0.15) is 0 Å². The van der Waals surface area contributed by atoms with E-state index in [9.17, 15) is 9.59 Å². The maximum Gasteiger partial charge on any atom is 0.338 e. The van der Waals surface area contributed by atoms with Crippen molar-refractivity contribution in [2.45, 2.75) is 26.2 Å². The molecule has 1 amide bonds. The second-order valence-corrected chi connectivity index (χ2v) is 4.27. The van der Waals surface area contributed by atoms with Gasteiger partial charge in [0.15, 0.2) is 0 Å². The number of hydrogen-bond acceptors (Lipinski definition) is 3. The summed E-state index contributed by atoms with van der Waals surface area (Å²) in [5.74, 6) is -0.167. The zero-order valence-electron chi connectivity index (χ0n) is 10.5. The molecule has 1 aromatic carbocycles. The second kappa shape index (κ2) is 5.67. The minimum Gasteiger partial charge on any atom is -0.462 e. The predicted molar refractivity (Wildman–Crippen MR) is 68.6 cm³/mol. The molecule has 0 atom stereocenters. The predicted octanol–water partition coefficient (Wildman–Crippen LogP) is 2.38. The van der Waals surface area contributed by atoms with Gasteiger partial charge in [0.25, 0.3) is 0 Å². The number of rotatable bonds is 3. The summed E-state index contributed by atoms with van der Waals surface area (Å²) in [7, 11) is 0. The number of anilines is 1. The fraction of sp³-hybridized carbons (Fsp3) is 0.429. The van der Waals surface area contributed by atoms with E-state index in [0.717, 1.165) is 25.1 Å². The van der Waals surface area contributed by atoms with Crippen LogP contribution in [0.25, 0.3) is 0 Å². The standard InChI is InChI=1S/C14H17NO3/c1-2-18-14(17)11-6-8-12(9-7-11)15-10-4-3-5-13(15)16/h6-9H,2-5,10H2,1H3. The van der Waals surface area contributed by atoms with E-state index in [-0.39, 0.29) is 11.9 Å². The van der Waals surface area contributed by atoms with Gasteiger partial charge in [-0.15, -0.1) is 0 Å². The summed E-state index contributed by atoms with van der Waals surface area (Å²) in [5, 5.41) is 0. The third-order valence-corrected chi connectivity index (χ3v) is 3.01. The van der Waals surface area contributed by atoms with Crippen molar-refractivity contribution in [2.24, 2.45) is 0 Å². The van der Waals surface area contributed by atoms with Crippen LogP contribution in [0.1, 0.15) is 36.5 Å². The van der Waals surface area contributed by atoms with Gasteiger partial charge in [-0.25, -0.2) is 4.79 Å². The van der Waals surface area contributed by atoms with E-state index in [0.29, 0.717) is 18.6 Å². The first kappa shape index (κ1) is 12.6. The lowest BCUT2D eigenvalue weighted by atomic mass is 10.1. The molecule has 0 saturated carbocycles. The topological polar surface area (TPSA) is 46.6 Å². The normalized spacial score (nSPS) is 15.6. The van der Waals surface area contributed by atoms with Gasteiger partial charge in [0.05, 0.1) is 12.2 Å². The van der Waals surface area contributed by atoms with Gasteiger partial charge in [-0.1, -0.05) is 0 Å². The molecule has 1 aliphatic heterocycles. The maximum absolute atomic E-state index is 11.8. The molecule has 0 N–H and O–H groups in total. The maximum atomic E-state index is 11.8. The van der Waals surface area contributed by atoms with Crippen LogP contribution in [0.15, 0.2) is 24.3 Å². The summed E-state index contributed by atoms with van der Waals surface area (Å²) in [5.41, 5.74) is 1.37. The smallest absolute Gasteiger partial charge is 0.338 e. The number of ether oxygens (including phenoxy) is 1. The van der Waals surface area contributed by atoms with Crippen molar-refractivity contribution >= 4 is 17.6 Å². The number of hydrogen-bond donors (Lipinski definition) is 0. The van der Waals surface area contributed by atoms with E-state index in [1.807, 2.05) is 0 Å². The van der Waals surface area contributed by atoms with E-state index in [2.05, 4.69) is 0 Å². The van der Waals surface area contributed by atoms with Crippen LogP contribution in [0.3, 0.4) is 0 Å². The summed E-state index contributed by atoms with van der Waals surface area (Å²) >= 11 is 0. The molecule has 4 heteroatoms. The van der Waals surface area contributed by atoms with E-state index < -0.39 is 0 Å². The summed E-state index contributed by atoms with van der Waals surface area (Å²) < 4.78 is 4.91. The third-order valence-electron chi connectivity index (χ3n) is 3.01. The molecule has 0 radical (unpaired) electrons. The molecule has 4 nitrogen and oxygen atoms in total. The first-order valence-corrected chi connectivity index (χ1v) is 6.30. The molecular formula is C14H17NO3. The molecule has 2 rings (SSSR count). The van der Waals surface area contributed by atoms with Crippen molar-refractivity contribution in [1.82, 2.24) is 0 Å². The second-order valence-electron chi connectivity index (χ2n) is 4.27. The number of amides is 1. The zero-order valence-corrected chi connectivity index (χ0v) is 10.5. The lowest BCUT2D eigenvalue weighted by Gasteiger charge is -2.26. The van der Waals surface area contributed by atoms with Crippen molar-refractivity contribution in [3.63, 3.8) is 0 Å². The number of carbonyl (C=O) groups is 2. The molecule has 0 aliphatic carbocycles. The minimum atomic E-state index is -0.325. The molecule has 0 bridgehead atoms. The van der Waals surface area contributed by atoms with Gasteiger partial charge in [0, 0.05) is 18.7 Å². The third kappa shape index (κ3) is 2.70. The Labute approximate surface area is 107 Å². The van der Waals surface area contributed by atoms with Crippen molar-refractivity contribution in [2.75, 3.05) is 18.1 Å². The molecule has 96 valence electrons. The molecule has 1 aromatic rings. The lowest BCUT2D eigenvalue weighted by Crippen LogP contribution is -2.35. The SMILES string of the molecule is CCOC(=O)c1ccc(N2CCCCC2=O)cc1. The lowest BCUT2D eigenvalue weighted by molar-refractivity contribution is -0.119. The van der Waals surface area contributed by atoms with Gasteiger partial charge >= 0.3 is 5.97 Å². The Morgan fingerprint density at radius 1 is 1.28 bits per heavy atom. The first-order chi connectivity index (χ1) is 8.72. The van der Waals surface area contributed by atoms with Gasteiger partial charge in [-0.3, -0.25) is 4.79 Å². The van der Waals surface area contributed by atoms with Gasteiger partial charge < -0.3 is 9.64 Å². The average Bonchev–Trinajstić information content (AvgIpc) is 2.40. The molecule has 1 saturated heterocycles. The highest BCUT2D eigenvalue weighted by molar-refractivity contribution is 5.95. The molecule has 1 aliphatic rings. The van der Waals surface area contributed by atoms with Crippen LogP contribution < -0.4 is 4.90 Å². The van der Waals surface area contributed by atoms with E-state index in [1.165, 1.54) is 0 Å². The van der Waals surface area contributed by atoms with Crippen molar-refractivity contribution in [3.05, 3.63) is 29.8 Å². The molecule has 0 aromatic heterocycles. The number of piperidine rings is 1. The Kier molecular flexibility index (Phi) is 3.97. The zero-order chi connectivity index (χ0) is 13.0. The molecule has 1 fully saturated rings. The van der Waals surface area contributed by atoms with Crippen LogP contribution in [0.2, 0.25) is 0 Å². The highest BCUT2D eigenvalue weighted by Crippen LogP contribution is 2.21. The van der Waals surface area contributed by atoms with Crippen molar-refractivity contribution < 1.29 is 14.3 Å². The van der Waals surface area contributed by atoms with Crippen LogP contribution in [-0.2, 0) is 9.53 Å². The molecular weight excluding hydrogens is 230 g/mol. The average molecular weight is 247 g/mol. The van der Waals surface area contributed by atoms with Crippen molar-refractivity contribution in [1.29, 1.82) is 0 Å². The Hall–Kier alpha value is -1.84. The summed E-state index contributed by atoms with van der Waals surface area (Å²) in [6, 6.07) is 7.01. The van der Waals surface area contributed by atoms with Crippen LogP contribution in [0.4, 0.5) is 5.69 Å². The van der Waals surface area contributed by atoms with Gasteiger partial charge in [0.2, 0.25) is 5.91 Å². The van der Waals surface area contributed by atoms with Crippen LogP contribution in [0.5, 0.6) is 0 Å². The monoisotopic (exact) mass is 247 g/mol. The Bertz CT molecular complexity index is 439. The Morgan fingerprint density at radius 2 is 2.00 bits per heavy atom. The number of carbonyl (C=O) groups excluding carboxylic acids is 2. The molecule has 1 heterocycles. The first-order valence-electron chi connectivity index (χ1n) is 6.30. The highest BCUT2D eigenvalue weighted by Gasteiger charge is 2.19. The summed E-state index contributed by atoms with van der Waals surface area (Å²) in [4.78, 5) is 25.0. The fourth-order valence-corrected chi connectivity index (χ4v) is 2.07. The van der Waals surface area contributed by atoms with Crippen LogP contribution >= 0.6 is 0 Å². The molecule has 18 heavy (non-hydrogen) atoms. The van der Waals surface area contributed by atoms with Gasteiger partial charge in [-0.05, 0) is 44.0 Å². The highest BCUT2D eigenvalue weighted by atomic mass is 16.5. The van der Waals surface area contributed by atoms with E-state index in [1.54, 1.807) is 36.1 Å². The van der Waals surface area contributed by atoms with Crippen LogP contribution in [0, 0.1) is 0 Å². The summed E-state index contributed by atoms with van der Waals surface area (Å²) in [6.07, 6.45) is 2.61. The summed E-state index contributed by atoms with van der Waals surface area (Å²) in [6.45, 7) is 2.90.